The van der Waals surface area contributed by atoms with Crippen LogP contribution < -0.4 is 5.73 Å². The molecule has 0 unspecified atom stereocenters. The van der Waals surface area contributed by atoms with Crippen molar-refractivity contribution in [2.75, 3.05) is 31.1 Å². The fraction of sp³-hybridized carbons (Fsp3) is 0.273. The first-order valence-corrected chi connectivity index (χ1v) is 11.5. The zero-order valence-electron chi connectivity index (χ0n) is 17.1. The lowest BCUT2D eigenvalue weighted by atomic mass is 10.0. The number of hydrogen-bond donors (Lipinski definition) is 1. The molecule has 1 aliphatic rings. The van der Waals surface area contributed by atoms with Crippen LogP contribution in [-0.4, -0.2) is 55.0 Å². The summed E-state index contributed by atoms with van der Waals surface area (Å²) in [5, 5.41) is 6.78. The average Bonchev–Trinajstić information content (AvgIpc) is 3.16. The van der Waals surface area contributed by atoms with Gasteiger partial charge in [-0.15, -0.1) is 11.8 Å². The maximum absolute atomic E-state index is 6.56. The Morgan fingerprint density at radius 1 is 1.16 bits per heavy atom. The van der Waals surface area contributed by atoms with Gasteiger partial charge in [-0.1, -0.05) is 17.7 Å². The first-order valence-electron chi connectivity index (χ1n) is 10.2. The van der Waals surface area contributed by atoms with Crippen molar-refractivity contribution in [2.24, 2.45) is 7.05 Å². The number of likely N-dealkylation sites (tertiary alicyclic amines) is 1. The molecule has 31 heavy (non-hydrogen) atoms. The number of anilines is 1. The molecule has 9 heteroatoms. The zero-order chi connectivity index (χ0) is 21.4. The molecule has 0 aliphatic carbocycles. The molecule has 1 saturated heterocycles. The third kappa shape index (κ3) is 4.11. The molecule has 4 heterocycles. The van der Waals surface area contributed by atoms with Crippen molar-refractivity contribution >= 4 is 40.1 Å². The first-order chi connectivity index (χ1) is 15.1. The summed E-state index contributed by atoms with van der Waals surface area (Å²) in [4.78, 5) is 16.5. The van der Waals surface area contributed by atoms with E-state index in [1.165, 1.54) is 19.5 Å². The highest BCUT2D eigenvalue weighted by molar-refractivity contribution is 7.99. The van der Waals surface area contributed by atoms with Crippen molar-refractivity contribution < 1.29 is 0 Å². The van der Waals surface area contributed by atoms with Gasteiger partial charge in [0.1, 0.15) is 16.4 Å². The van der Waals surface area contributed by atoms with Crippen LogP contribution >= 0.6 is 23.4 Å². The topological polar surface area (TPSA) is 85.8 Å². The van der Waals surface area contributed by atoms with Gasteiger partial charge in [-0.2, -0.15) is 5.10 Å². The van der Waals surface area contributed by atoms with E-state index in [4.69, 9.17) is 27.3 Å². The Balaban J connectivity index is 1.59. The summed E-state index contributed by atoms with van der Waals surface area (Å²) in [5.41, 5.74) is 10.0. The Kier molecular flexibility index (Phi) is 5.52. The molecule has 0 amide bonds. The van der Waals surface area contributed by atoms with Gasteiger partial charge in [0.05, 0.1) is 16.2 Å². The first kappa shape index (κ1) is 20.2. The SMILES string of the molecule is Cn1ccc(-c2nc(N)c(SCCN3CCC3)nc2-c2cc(Cl)c3ncccc3c2)n1. The van der Waals surface area contributed by atoms with Gasteiger partial charge in [0, 0.05) is 42.7 Å². The van der Waals surface area contributed by atoms with Crippen molar-refractivity contribution in [3.8, 4) is 22.6 Å². The minimum atomic E-state index is 0.423. The number of pyridine rings is 1. The van der Waals surface area contributed by atoms with E-state index in [2.05, 4.69) is 15.0 Å². The van der Waals surface area contributed by atoms with Gasteiger partial charge in [-0.05, 0) is 43.8 Å². The molecule has 0 bridgehead atoms. The number of nitrogens with two attached hydrogens (primary N) is 1. The number of thioether (sulfide) groups is 1. The van der Waals surface area contributed by atoms with Gasteiger partial charge >= 0.3 is 0 Å². The molecule has 1 aliphatic heterocycles. The Morgan fingerprint density at radius 3 is 2.77 bits per heavy atom. The Morgan fingerprint density at radius 2 is 2.03 bits per heavy atom. The molecule has 2 N–H and O–H groups in total. The summed E-state index contributed by atoms with van der Waals surface area (Å²) in [6.45, 7) is 3.38. The molecule has 0 spiro atoms. The lowest BCUT2D eigenvalue weighted by molar-refractivity contribution is 0.194. The van der Waals surface area contributed by atoms with Gasteiger partial charge < -0.3 is 10.6 Å². The number of benzene rings is 1. The van der Waals surface area contributed by atoms with Gasteiger partial charge in [-0.25, -0.2) is 9.97 Å². The number of nitrogens with zero attached hydrogens (tertiary/aromatic N) is 6. The van der Waals surface area contributed by atoms with E-state index in [1.54, 1.807) is 22.6 Å². The van der Waals surface area contributed by atoms with Crippen LogP contribution in [0.3, 0.4) is 0 Å². The van der Waals surface area contributed by atoms with E-state index in [0.29, 0.717) is 22.2 Å². The molecule has 158 valence electrons. The maximum Gasteiger partial charge on any atom is 0.156 e. The smallest absolute Gasteiger partial charge is 0.156 e. The fourth-order valence-corrected chi connectivity index (χ4v) is 4.79. The van der Waals surface area contributed by atoms with E-state index < -0.39 is 0 Å². The monoisotopic (exact) mass is 451 g/mol. The third-order valence-electron chi connectivity index (χ3n) is 5.37. The molecular formula is C22H22ClN7S. The van der Waals surface area contributed by atoms with E-state index in [9.17, 15) is 0 Å². The van der Waals surface area contributed by atoms with Crippen molar-refractivity contribution in [3.63, 3.8) is 0 Å². The van der Waals surface area contributed by atoms with Crippen molar-refractivity contribution in [1.82, 2.24) is 29.6 Å². The molecule has 0 saturated carbocycles. The van der Waals surface area contributed by atoms with Crippen LogP contribution in [0.15, 0.2) is 47.8 Å². The van der Waals surface area contributed by atoms with Crippen molar-refractivity contribution in [3.05, 3.63) is 47.7 Å². The van der Waals surface area contributed by atoms with E-state index in [-0.39, 0.29) is 0 Å². The van der Waals surface area contributed by atoms with Crippen molar-refractivity contribution in [1.29, 1.82) is 0 Å². The molecule has 0 radical (unpaired) electrons. The van der Waals surface area contributed by atoms with E-state index >= 15 is 0 Å². The maximum atomic E-state index is 6.56. The summed E-state index contributed by atoms with van der Waals surface area (Å²) >= 11 is 8.20. The minimum absolute atomic E-state index is 0.423. The molecular weight excluding hydrogens is 430 g/mol. The Hall–Kier alpha value is -2.68. The number of halogens is 1. The Bertz CT molecular complexity index is 1250. The number of aromatic nitrogens is 5. The largest absolute Gasteiger partial charge is 0.381 e. The lowest BCUT2D eigenvalue weighted by Crippen LogP contribution is -2.38. The van der Waals surface area contributed by atoms with Crippen LogP contribution in [0.2, 0.25) is 5.02 Å². The van der Waals surface area contributed by atoms with Crippen LogP contribution in [0, 0.1) is 0 Å². The van der Waals surface area contributed by atoms with Crippen LogP contribution in [0.4, 0.5) is 5.82 Å². The lowest BCUT2D eigenvalue weighted by Gasteiger charge is -2.30. The molecule has 1 fully saturated rings. The molecule has 0 atom stereocenters. The zero-order valence-corrected chi connectivity index (χ0v) is 18.7. The molecule has 7 nitrogen and oxygen atoms in total. The predicted molar refractivity (Wildman–Crippen MR) is 126 cm³/mol. The van der Waals surface area contributed by atoms with Gasteiger partial charge in [0.2, 0.25) is 0 Å². The summed E-state index contributed by atoms with van der Waals surface area (Å²) in [6, 6.07) is 9.72. The molecule has 5 rings (SSSR count). The van der Waals surface area contributed by atoms with Crippen molar-refractivity contribution in [2.45, 2.75) is 11.4 Å². The van der Waals surface area contributed by atoms with Crippen LogP contribution in [0.1, 0.15) is 6.42 Å². The van der Waals surface area contributed by atoms with Crippen LogP contribution in [0.25, 0.3) is 33.5 Å². The number of aryl methyl sites for hydroxylation is 1. The standard InChI is InChI=1S/C22H22ClN7S/c1-29-9-5-17(28-29)20-19(15-12-14-4-2-6-25-18(14)16(23)13-15)27-22(21(24)26-20)31-11-10-30-7-3-8-30/h2,4-6,9,12-13H,3,7-8,10-11H2,1H3,(H2,24,26). The van der Waals surface area contributed by atoms with E-state index in [1.807, 2.05) is 43.6 Å². The Labute approximate surface area is 189 Å². The summed E-state index contributed by atoms with van der Waals surface area (Å²) < 4.78 is 1.74. The highest BCUT2D eigenvalue weighted by Crippen LogP contribution is 2.36. The third-order valence-corrected chi connectivity index (χ3v) is 6.62. The average molecular weight is 452 g/mol. The number of hydrogen-bond acceptors (Lipinski definition) is 7. The summed E-state index contributed by atoms with van der Waals surface area (Å²) in [5.74, 6) is 1.34. The van der Waals surface area contributed by atoms with E-state index in [0.717, 1.165) is 39.5 Å². The minimum Gasteiger partial charge on any atom is -0.381 e. The summed E-state index contributed by atoms with van der Waals surface area (Å²) in [7, 11) is 1.87. The predicted octanol–water partition coefficient (Wildman–Crippen LogP) is 4.13. The second-order valence-electron chi connectivity index (χ2n) is 7.56. The van der Waals surface area contributed by atoms with Gasteiger partial charge in [-0.3, -0.25) is 9.67 Å². The van der Waals surface area contributed by atoms with Gasteiger partial charge in [0.15, 0.2) is 5.82 Å². The second-order valence-corrected chi connectivity index (χ2v) is 9.05. The van der Waals surface area contributed by atoms with Gasteiger partial charge in [0.25, 0.3) is 0 Å². The van der Waals surface area contributed by atoms with Crippen LogP contribution in [-0.2, 0) is 7.05 Å². The number of fused-ring (bicyclic) bond motifs is 1. The fourth-order valence-electron chi connectivity index (χ4n) is 3.62. The second kappa shape index (κ2) is 8.45. The highest BCUT2D eigenvalue weighted by Gasteiger charge is 2.20. The molecule has 1 aromatic carbocycles. The molecule has 3 aromatic heterocycles. The molecule has 4 aromatic rings. The highest BCUT2D eigenvalue weighted by atomic mass is 35.5. The number of nitrogen functional groups attached to an aromatic ring is 1. The van der Waals surface area contributed by atoms with Crippen LogP contribution in [0.5, 0.6) is 0 Å². The summed E-state index contributed by atoms with van der Waals surface area (Å²) in [6.07, 6.45) is 4.90. The quantitative estimate of drug-likeness (QED) is 0.441. The normalized spacial score (nSPS) is 14.1. The number of rotatable bonds is 6.